The van der Waals surface area contributed by atoms with Crippen LogP contribution in [0.5, 0.6) is 0 Å². The highest BCUT2D eigenvalue weighted by molar-refractivity contribution is 5.92. The van der Waals surface area contributed by atoms with Gasteiger partial charge in [-0.05, 0) is 26.8 Å². The van der Waals surface area contributed by atoms with Gasteiger partial charge in [0.1, 0.15) is 5.56 Å². The zero-order valence-electron chi connectivity index (χ0n) is 11.9. The molecule has 0 aliphatic rings. The van der Waals surface area contributed by atoms with Crippen molar-refractivity contribution in [2.45, 2.75) is 20.8 Å². The van der Waals surface area contributed by atoms with Crippen LogP contribution in [0.15, 0.2) is 18.3 Å². The van der Waals surface area contributed by atoms with E-state index >= 15 is 0 Å². The van der Waals surface area contributed by atoms with Gasteiger partial charge in [-0.15, -0.1) is 0 Å². The van der Waals surface area contributed by atoms with E-state index in [0.717, 1.165) is 0 Å². The predicted molar refractivity (Wildman–Crippen MR) is 73.4 cm³/mol. The molecule has 0 N–H and O–H groups in total. The number of ether oxygens (including phenoxy) is 1. The number of hydrogen-bond acceptors (Lipinski definition) is 6. The van der Waals surface area contributed by atoms with E-state index in [1.54, 1.807) is 20.8 Å². The molecule has 0 aliphatic heterocycles. The van der Waals surface area contributed by atoms with Crippen LogP contribution in [0.3, 0.4) is 0 Å². The van der Waals surface area contributed by atoms with Crippen molar-refractivity contribution in [1.82, 2.24) is 14.8 Å². The van der Waals surface area contributed by atoms with Gasteiger partial charge >= 0.3 is 11.7 Å². The van der Waals surface area contributed by atoms with Crippen molar-refractivity contribution in [2.75, 3.05) is 6.61 Å². The molecule has 0 spiro atoms. The van der Waals surface area contributed by atoms with Crippen LogP contribution >= 0.6 is 0 Å². The highest BCUT2D eigenvalue weighted by Gasteiger charge is 2.25. The lowest BCUT2D eigenvalue weighted by Gasteiger charge is -2.05. The minimum absolute atomic E-state index is 0.0682. The van der Waals surface area contributed by atoms with Crippen LogP contribution < -0.4 is 0 Å². The van der Waals surface area contributed by atoms with Gasteiger partial charge in [0.25, 0.3) is 0 Å². The van der Waals surface area contributed by atoms with E-state index in [-0.39, 0.29) is 18.1 Å². The molecule has 2 heterocycles. The normalized spacial score (nSPS) is 10.4. The maximum atomic E-state index is 11.9. The van der Waals surface area contributed by atoms with Crippen molar-refractivity contribution in [3.05, 3.63) is 45.4 Å². The smallest absolute Gasteiger partial charge is 0.341 e. The second-order valence-electron chi connectivity index (χ2n) is 4.28. The molecule has 0 atom stereocenters. The number of aromatic nitrogens is 3. The molecule has 2 aromatic rings. The molecular weight excluding hydrogens is 276 g/mol. The van der Waals surface area contributed by atoms with Gasteiger partial charge in [-0.1, -0.05) is 0 Å². The summed E-state index contributed by atoms with van der Waals surface area (Å²) in [5, 5.41) is 15.2. The Balaban J connectivity index is 2.60. The first kappa shape index (κ1) is 14.6. The van der Waals surface area contributed by atoms with Gasteiger partial charge in [0.05, 0.1) is 22.9 Å². The first-order valence-electron chi connectivity index (χ1n) is 6.30. The lowest BCUT2D eigenvalue weighted by molar-refractivity contribution is -0.384. The second kappa shape index (κ2) is 5.70. The Morgan fingerprint density at radius 2 is 2.19 bits per heavy atom. The average Bonchev–Trinajstić information content (AvgIpc) is 2.74. The molecule has 0 unspecified atom stereocenters. The fourth-order valence-corrected chi connectivity index (χ4v) is 2.04. The minimum Gasteiger partial charge on any atom is -0.462 e. The van der Waals surface area contributed by atoms with Gasteiger partial charge in [-0.2, -0.15) is 5.10 Å². The standard InChI is InChI=1S/C13H14N4O4/c1-4-21-13(18)11-8(2)15-16(9(11)3)12-10(17(19)20)6-5-7-14-12/h5-7H,4H2,1-3H3. The molecule has 2 rings (SSSR count). The van der Waals surface area contributed by atoms with Crippen molar-refractivity contribution in [3.63, 3.8) is 0 Å². The van der Waals surface area contributed by atoms with Crippen LogP contribution in [0.25, 0.3) is 5.82 Å². The predicted octanol–water partition coefficient (Wildman–Crippen LogP) is 1.97. The second-order valence-corrected chi connectivity index (χ2v) is 4.28. The summed E-state index contributed by atoms with van der Waals surface area (Å²) in [6.45, 7) is 5.23. The van der Waals surface area contributed by atoms with Crippen molar-refractivity contribution >= 4 is 11.7 Å². The SMILES string of the molecule is CCOC(=O)c1c(C)nn(-c2ncccc2[N+](=O)[O-])c1C. The Hall–Kier alpha value is -2.77. The summed E-state index contributed by atoms with van der Waals surface area (Å²) in [5.74, 6) is -0.434. The maximum absolute atomic E-state index is 11.9. The summed E-state index contributed by atoms with van der Waals surface area (Å²) in [7, 11) is 0. The first-order valence-corrected chi connectivity index (χ1v) is 6.30. The van der Waals surface area contributed by atoms with E-state index < -0.39 is 10.9 Å². The molecule has 8 heteroatoms. The van der Waals surface area contributed by atoms with Gasteiger partial charge in [-0.3, -0.25) is 10.1 Å². The van der Waals surface area contributed by atoms with Crippen LogP contribution in [0.2, 0.25) is 0 Å². The van der Waals surface area contributed by atoms with E-state index in [0.29, 0.717) is 17.0 Å². The fraction of sp³-hybridized carbons (Fsp3) is 0.308. The maximum Gasteiger partial charge on any atom is 0.341 e. The number of pyridine rings is 1. The van der Waals surface area contributed by atoms with Gasteiger partial charge in [0, 0.05) is 12.3 Å². The Bertz CT molecular complexity index is 708. The largest absolute Gasteiger partial charge is 0.462 e. The van der Waals surface area contributed by atoms with E-state index in [9.17, 15) is 14.9 Å². The highest BCUT2D eigenvalue weighted by atomic mass is 16.6. The lowest BCUT2D eigenvalue weighted by Crippen LogP contribution is -2.09. The molecule has 0 fully saturated rings. The summed E-state index contributed by atoms with van der Waals surface area (Å²) >= 11 is 0. The summed E-state index contributed by atoms with van der Waals surface area (Å²) in [4.78, 5) is 26.4. The number of nitro groups is 1. The topological polar surface area (TPSA) is 100 Å². The zero-order chi connectivity index (χ0) is 15.6. The van der Waals surface area contributed by atoms with E-state index in [1.807, 2.05) is 0 Å². The molecule has 0 saturated heterocycles. The van der Waals surface area contributed by atoms with E-state index in [4.69, 9.17) is 4.74 Å². The van der Waals surface area contributed by atoms with Crippen LogP contribution in [0.1, 0.15) is 28.7 Å². The molecular formula is C13H14N4O4. The molecule has 0 aliphatic carbocycles. The van der Waals surface area contributed by atoms with Crippen LogP contribution in [0, 0.1) is 24.0 Å². The third-order valence-corrected chi connectivity index (χ3v) is 2.93. The molecule has 8 nitrogen and oxygen atoms in total. The lowest BCUT2D eigenvalue weighted by atomic mass is 10.2. The number of rotatable bonds is 4. The molecule has 0 bridgehead atoms. The number of hydrogen-bond donors (Lipinski definition) is 0. The summed E-state index contributed by atoms with van der Waals surface area (Å²) in [5.41, 5.74) is 1.01. The van der Waals surface area contributed by atoms with Crippen LogP contribution in [0.4, 0.5) is 5.69 Å². The first-order chi connectivity index (χ1) is 9.97. The van der Waals surface area contributed by atoms with Gasteiger partial charge in [0.2, 0.25) is 5.82 Å². The summed E-state index contributed by atoms with van der Waals surface area (Å²) in [6, 6.07) is 2.81. The van der Waals surface area contributed by atoms with Crippen molar-refractivity contribution in [1.29, 1.82) is 0 Å². The van der Waals surface area contributed by atoms with Crippen molar-refractivity contribution in [2.24, 2.45) is 0 Å². The van der Waals surface area contributed by atoms with Crippen molar-refractivity contribution in [3.8, 4) is 5.82 Å². The average molecular weight is 290 g/mol. The van der Waals surface area contributed by atoms with E-state index in [1.165, 1.54) is 23.0 Å². The van der Waals surface area contributed by atoms with Gasteiger partial charge in [0.15, 0.2) is 0 Å². The number of aryl methyl sites for hydroxylation is 1. The molecule has 21 heavy (non-hydrogen) atoms. The third kappa shape index (κ3) is 2.60. The number of esters is 1. The Kier molecular flexibility index (Phi) is 3.97. The number of carbonyl (C=O) groups excluding carboxylic acids is 1. The Morgan fingerprint density at radius 3 is 2.81 bits per heavy atom. The Labute approximate surface area is 120 Å². The molecule has 0 radical (unpaired) electrons. The Morgan fingerprint density at radius 1 is 1.48 bits per heavy atom. The third-order valence-electron chi connectivity index (χ3n) is 2.93. The number of nitrogens with zero attached hydrogens (tertiary/aromatic N) is 4. The minimum atomic E-state index is -0.539. The number of carbonyl (C=O) groups is 1. The summed E-state index contributed by atoms with van der Waals surface area (Å²) in [6.07, 6.45) is 1.43. The monoisotopic (exact) mass is 290 g/mol. The molecule has 2 aromatic heterocycles. The quantitative estimate of drug-likeness (QED) is 0.485. The molecule has 110 valence electrons. The van der Waals surface area contributed by atoms with Crippen LogP contribution in [-0.4, -0.2) is 32.3 Å². The van der Waals surface area contributed by atoms with Gasteiger partial charge < -0.3 is 4.74 Å². The van der Waals surface area contributed by atoms with E-state index in [2.05, 4.69) is 10.1 Å². The zero-order valence-corrected chi connectivity index (χ0v) is 11.9. The highest BCUT2D eigenvalue weighted by Crippen LogP contribution is 2.23. The van der Waals surface area contributed by atoms with Crippen molar-refractivity contribution < 1.29 is 14.5 Å². The molecule has 0 saturated carbocycles. The van der Waals surface area contributed by atoms with Gasteiger partial charge in [-0.25, -0.2) is 14.5 Å². The summed E-state index contributed by atoms with van der Waals surface area (Å²) < 4.78 is 6.26. The fourth-order valence-electron chi connectivity index (χ4n) is 2.04. The molecule has 0 amide bonds. The molecule has 0 aromatic carbocycles. The van der Waals surface area contributed by atoms with Crippen LogP contribution in [-0.2, 0) is 4.74 Å².